The summed E-state index contributed by atoms with van der Waals surface area (Å²) < 4.78 is 16.0. The number of hydrogen-bond acceptors (Lipinski definition) is 7. The first-order valence-corrected chi connectivity index (χ1v) is 8.43. The van der Waals surface area contributed by atoms with Gasteiger partial charge in [0.05, 0.1) is 18.6 Å². The molecule has 0 aliphatic heterocycles. The SMILES string of the molecule is CCOc1ccc(/C=C(\C#N)c2nc(-c3cccs3)no2)cc1OC. The average Bonchev–Trinajstić information content (AvgIpc) is 3.32. The van der Waals surface area contributed by atoms with E-state index in [0.29, 0.717) is 23.9 Å². The summed E-state index contributed by atoms with van der Waals surface area (Å²) >= 11 is 1.51. The second-order valence-corrected chi connectivity index (χ2v) is 5.86. The summed E-state index contributed by atoms with van der Waals surface area (Å²) in [7, 11) is 1.57. The third-order valence-electron chi connectivity index (χ3n) is 3.32. The van der Waals surface area contributed by atoms with Crippen LogP contribution in [0.4, 0.5) is 0 Å². The second kappa shape index (κ2) is 7.64. The van der Waals surface area contributed by atoms with Crippen LogP contribution >= 0.6 is 11.3 Å². The molecule has 2 aromatic heterocycles. The van der Waals surface area contributed by atoms with Gasteiger partial charge in [0.25, 0.3) is 5.89 Å². The lowest BCUT2D eigenvalue weighted by molar-refractivity contribution is 0.311. The number of ether oxygens (including phenoxy) is 2. The van der Waals surface area contributed by atoms with Gasteiger partial charge in [-0.15, -0.1) is 11.3 Å². The van der Waals surface area contributed by atoms with Crippen LogP contribution in [0.5, 0.6) is 11.5 Å². The highest BCUT2D eigenvalue weighted by Gasteiger charge is 2.14. The number of nitriles is 1. The Morgan fingerprint density at radius 2 is 2.24 bits per heavy atom. The van der Waals surface area contributed by atoms with Crippen molar-refractivity contribution in [3.63, 3.8) is 0 Å². The third kappa shape index (κ3) is 3.70. The topological polar surface area (TPSA) is 81.2 Å². The maximum Gasteiger partial charge on any atom is 0.268 e. The molecular formula is C18H15N3O3S. The molecule has 0 aliphatic carbocycles. The second-order valence-electron chi connectivity index (χ2n) is 4.91. The molecule has 2 heterocycles. The molecule has 0 unspecified atom stereocenters. The number of aromatic nitrogens is 2. The van der Waals surface area contributed by atoms with Gasteiger partial charge in [0, 0.05) is 0 Å². The number of thiophene rings is 1. The van der Waals surface area contributed by atoms with E-state index in [9.17, 15) is 5.26 Å². The predicted octanol–water partition coefficient (Wildman–Crippen LogP) is 4.27. The Bertz CT molecular complexity index is 923. The molecule has 3 rings (SSSR count). The summed E-state index contributed by atoms with van der Waals surface area (Å²) in [6.07, 6.45) is 1.67. The maximum absolute atomic E-state index is 9.45. The minimum Gasteiger partial charge on any atom is -0.493 e. The van der Waals surface area contributed by atoms with Crippen molar-refractivity contribution >= 4 is 23.0 Å². The van der Waals surface area contributed by atoms with E-state index in [-0.39, 0.29) is 11.5 Å². The van der Waals surface area contributed by atoms with Crippen LogP contribution in [-0.4, -0.2) is 23.9 Å². The van der Waals surface area contributed by atoms with Crippen molar-refractivity contribution < 1.29 is 14.0 Å². The molecule has 25 heavy (non-hydrogen) atoms. The lowest BCUT2D eigenvalue weighted by Gasteiger charge is -2.09. The summed E-state index contributed by atoms with van der Waals surface area (Å²) in [4.78, 5) is 5.18. The van der Waals surface area contributed by atoms with Crippen molar-refractivity contribution in [1.29, 1.82) is 5.26 Å². The summed E-state index contributed by atoms with van der Waals surface area (Å²) in [5, 5.41) is 15.3. The number of nitrogens with zero attached hydrogens (tertiary/aromatic N) is 3. The van der Waals surface area contributed by atoms with E-state index in [2.05, 4.69) is 16.2 Å². The molecule has 0 saturated carbocycles. The molecule has 3 aromatic rings. The van der Waals surface area contributed by atoms with Gasteiger partial charge in [0.1, 0.15) is 11.6 Å². The standard InChI is InChI=1S/C18H15N3O3S/c1-3-23-14-7-6-12(10-15(14)22-2)9-13(11-19)18-20-17(21-24-18)16-5-4-8-25-16/h4-10H,3H2,1-2H3/b13-9+. The quantitative estimate of drug-likeness (QED) is 0.616. The monoisotopic (exact) mass is 353 g/mol. The highest BCUT2D eigenvalue weighted by Crippen LogP contribution is 2.30. The zero-order chi connectivity index (χ0) is 17.6. The smallest absolute Gasteiger partial charge is 0.268 e. The maximum atomic E-state index is 9.45. The van der Waals surface area contributed by atoms with Crippen molar-refractivity contribution in [1.82, 2.24) is 10.1 Å². The van der Waals surface area contributed by atoms with Gasteiger partial charge in [0.2, 0.25) is 5.82 Å². The molecule has 7 heteroatoms. The Morgan fingerprint density at radius 3 is 2.92 bits per heavy atom. The molecule has 0 spiro atoms. The first-order chi connectivity index (χ1) is 12.2. The van der Waals surface area contributed by atoms with Crippen molar-refractivity contribution in [2.75, 3.05) is 13.7 Å². The fourth-order valence-electron chi connectivity index (χ4n) is 2.20. The minimum atomic E-state index is 0.179. The first-order valence-electron chi connectivity index (χ1n) is 7.55. The van der Waals surface area contributed by atoms with E-state index in [4.69, 9.17) is 14.0 Å². The van der Waals surface area contributed by atoms with E-state index in [1.807, 2.05) is 30.5 Å². The fraction of sp³-hybridized carbons (Fsp3) is 0.167. The molecule has 0 amide bonds. The van der Waals surface area contributed by atoms with E-state index in [1.54, 1.807) is 25.3 Å². The van der Waals surface area contributed by atoms with Crippen LogP contribution in [0.1, 0.15) is 18.4 Å². The van der Waals surface area contributed by atoms with Crippen LogP contribution in [0.25, 0.3) is 22.4 Å². The summed E-state index contributed by atoms with van der Waals surface area (Å²) in [6, 6.07) is 11.3. The molecule has 0 N–H and O–H groups in total. The molecule has 0 atom stereocenters. The van der Waals surface area contributed by atoms with Crippen molar-refractivity contribution in [2.45, 2.75) is 6.92 Å². The number of benzene rings is 1. The molecule has 0 bridgehead atoms. The van der Waals surface area contributed by atoms with Gasteiger partial charge >= 0.3 is 0 Å². The zero-order valence-corrected chi connectivity index (χ0v) is 14.5. The molecule has 0 radical (unpaired) electrons. The van der Waals surface area contributed by atoms with Crippen LogP contribution in [0.2, 0.25) is 0 Å². The van der Waals surface area contributed by atoms with Gasteiger partial charge in [-0.05, 0) is 42.1 Å². The van der Waals surface area contributed by atoms with Crippen LogP contribution in [0.15, 0.2) is 40.2 Å². The number of methoxy groups -OCH3 is 1. The highest BCUT2D eigenvalue weighted by molar-refractivity contribution is 7.13. The van der Waals surface area contributed by atoms with E-state index in [1.165, 1.54) is 11.3 Å². The van der Waals surface area contributed by atoms with E-state index in [0.717, 1.165) is 10.4 Å². The normalized spacial score (nSPS) is 11.2. The predicted molar refractivity (Wildman–Crippen MR) is 95.3 cm³/mol. The Balaban J connectivity index is 1.92. The molecule has 6 nitrogen and oxygen atoms in total. The lowest BCUT2D eigenvalue weighted by atomic mass is 10.1. The van der Waals surface area contributed by atoms with Gasteiger partial charge in [-0.3, -0.25) is 0 Å². The number of rotatable bonds is 6. The van der Waals surface area contributed by atoms with Crippen molar-refractivity contribution in [3.05, 3.63) is 47.2 Å². The van der Waals surface area contributed by atoms with Crippen LogP contribution < -0.4 is 9.47 Å². The third-order valence-corrected chi connectivity index (χ3v) is 4.18. The Hall–Kier alpha value is -3.11. The Kier molecular flexibility index (Phi) is 5.11. The zero-order valence-electron chi connectivity index (χ0n) is 13.7. The molecule has 126 valence electrons. The summed E-state index contributed by atoms with van der Waals surface area (Å²) in [6.45, 7) is 2.45. The average molecular weight is 353 g/mol. The molecule has 1 aromatic carbocycles. The molecule has 0 saturated heterocycles. The lowest BCUT2D eigenvalue weighted by Crippen LogP contribution is -1.95. The summed E-state index contributed by atoms with van der Waals surface area (Å²) in [5.74, 6) is 1.89. The van der Waals surface area contributed by atoms with Gasteiger partial charge in [-0.25, -0.2) is 0 Å². The number of allylic oxidation sites excluding steroid dienone is 1. The highest BCUT2D eigenvalue weighted by atomic mass is 32.1. The van der Waals surface area contributed by atoms with E-state index < -0.39 is 0 Å². The van der Waals surface area contributed by atoms with Crippen molar-refractivity contribution in [2.24, 2.45) is 0 Å². The van der Waals surface area contributed by atoms with Crippen molar-refractivity contribution in [3.8, 4) is 28.3 Å². The minimum absolute atomic E-state index is 0.179. The Morgan fingerprint density at radius 1 is 1.36 bits per heavy atom. The number of hydrogen-bond donors (Lipinski definition) is 0. The molecule has 0 aliphatic rings. The van der Waals surface area contributed by atoms with Crippen LogP contribution in [0, 0.1) is 11.3 Å². The molecule has 0 fully saturated rings. The van der Waals surface area contributed by atoms with Gasteiger partial charge in [0.15, 0.2) is 11.5 Å². The van der Waals surface area contributed by atoms with Gasteiger partial charge in [-0.1, -0.05) is 17.3 Å². The first kappa shape index (κ1) is 16.7. The van der Waals surface area contributed by atoms with Crippen LogP contribution in [0.3, 0.4) is 0 Å². The van der Waals surface area contributed by atoms with Gasteiger partial charge < -0.3 is 14.0 Å². The van der Waals surface area contributed by atoms with E-state index >= 15 is 0 Å². The Labute approximate surface area is 148 Å². The fourth-order valence-corrected chi connectivity index (χ4v) is 2.85. The van der Waals surface area contributed by atoms with Gasteiger partial charge in [-0.2, -0.15) is 10.2 Å². The largest absolute Gasteiger partial charge is 0.493 e. The van der Waals surface area contributed by atoms with Crippen LogP contribution in [-0.2, 0) is 0 Å². The summed E-state index contributed by atoms with van der Waals surface area (Å²) in [5.41, 5.74) is 1.05. The molecular weight excluding hydrogens is 338 g/mol.